The quantitative estimate of drug-likeness (QED) is 0.247. The zero-order valence-corrected chi connectivity index (χ0v) is 15.9. The summed E-state index contributed by atoms with van der Waals surface area (Å²) in [5, 5.41) is 13.0. The smallest absolute Gasteiger partial charge is 0.323 e. The number of benzene rings is 2. The summed E-state index contributed by atoms with van der Waals surface area (Å²) < 4.78 is 0. The average Bonchev–Trinajstić information content (AvgIpc) is 2.66. The number of nitrogens with zero attached hydrogens (tertiary/aromatic N) is 3. The number of hydrogen-bond acceptors (Lipinski definition) is 4. The highest BCUT2D eigenvalue weighted by atomic mass is 16.2. The van der Waals surface area contributed by atoms with E-state index in [2.05, 4.69) is 32.4 Å². The largest absolute Gasteiger partial charge is 0.370 e. The predicted molar refractivity (Wildman–Crippen MR) is 118 cm³/mol. The first-order valence-electron chi connectivity index (χ1n) is 8.45. The van der Waals surface area contributed by atoms with Crippen molar-refractivity contribution in [3.8, 4) is 0 Å². The number of nitrogens with two attached hydrogens (primary N) is 4. The number of nitrogens with one attached hydrogen (secondary N) is 2. The Morgan fingerprint density at radius 2 is 1.28 bits per heavy atom. The van der Waals surface area contributed by atoms with E-state index in [1.165, 1.54) is 0 Å². The van der Waals surface area contributed by atoms with Crippen LogP contribution in [0.5, 0.6) is 0 Å². The summed E-state index contributed by atoms with van der Waals surface area (Å²) in [4.78, 5) is 16.1. The molecule has 2 rings (SSSR count). The molecule has 2 aromatic carbocycles. The third-order valence-electron chi connectivity index (χ3n) is 3.62. The molecule has 29 heavy (non-hydrogen) atoms. The van der Waals surface area contributed by atoms with Crippen molar-refractivity contribution in [2.24, 2.45) is 38.1 Å². The van der Waals surface area contributed by atoms with Crippen molar-refractivity contribution in [1.82, 2.24) is 0 Å². The van der Waals surface area contributed by atoms with E-state index in [0.29, 0.717) is 22.8 Å². The maximum Gasteiger partial charge on any atom is 0.323 e. The van der Waals surface area contributed by atoms with E-state index in [0.717, 1.165) is 11.1 Å². The number of urea groups is 1. The minimum absolute atomic E-state index is 0.0692. The third kappa shape index (κ3) is 6.71. The highest BCUT2D eigenvalue weighted by Gasteiger charge is 2.05. The van der Waals surface area contributed by atoms with Crippen LogP contribution >= 0.6 is 0 Å². The standard InChI is InChI=1S/C19H23N9O/c1-11(24-17(20)21)13-3-7-15(8-4-13)25-19(29)26-16-9-5-14(6-10-16)12(2)27-28-18(22)23/h3-10H,1H2,2H3,(H4,20,21,24)(H4,22,23,28)(H2,25,26,29). The van der Waals surface area contributed by atoms with Crippen molar-refractivity contribution in [1.29, 1.82) is 0 Å². The van der Waals surface area contributed by atoms with E-state index in [1.54, 1.807) is 55.5 Å². The molecule has 0 aliphatic heterocycles. The fourth-order valence-corrected chi connectivity index (χ4v) is 2.25. The van der Waals surface area contributed by atoms with Crippen molar-refractivity contribution in [3.63, 3.8) is 0 Å². The number of aliphatic imine (C=N–C) groups is 1. The molecule has 2 aromatic rings. The first-order valence-corrected chi connectivity index (χ1v) is 8.45. The van der Waals surface area contributed by atoms with Crippen LogP contribution in [0, 0.1) is 0 Å². The number of carbonyl (C=O) groups is 1. The summed E-state index contributed by atoms with van der Waals surface area (Å²) in [6, 6.07) is 13.6. The monoisotopic (exact) mass is 393 g/mol. The molecule has 0 bridgehead atoms. The van der Waals surface area contributed by atoms with Crippen LogP contribution in [0.3, 0.4) is 0 Å². The molecule has 0 unspecified atom stereocenters. The Hall–Kier alpha value is -4.34. The maximum absolute atomic E-state index is 12.2. The normalized spacial score (nSPS) is 10.6. The molecule has 0 spiro atoms. The van der Waals surface area contributed by atoms with Gasteiger partial charge in [0.25, 0.3) is 0 Å². The molecule has 10 N–H and O–H groups in total. The lowest BCUT2D eigenvalue weighted by molar-refractivity contribution is 0.262. The van der Waals surface area contributed by atoms with Crippen LogP contribution in [0.25, 0.3) is 5.70 Å². The molecule has 0 fully saturated rings. The van der Waals surface area contributed by atoms with Gasteiger partial charge in [-0.05, 0) is 42.3 Å². The molecule has 0 saturated carbocycles. The van der Waals surface area contributed by atoms with E-state index < -0.39 is 0 Å². The van der Waals surface area contributed by atoms with Gasteiger partial charge in [-0.3, -0.25) is 0 Å². The van der Waals surface area contributed by atoms with Gasteiger partial charge in [0.15, 0.2) is 5.96 Å². The Morgan fingerprint density at radius 3 is 1.72 bits per heavy atom. The summed E-state index contributed by atoms with van der Waals surface area (Å²) in [5.41, 5.74) is 25.0. The van der Waals surface area contributed by atoms with Gasteiger partial charge in [-0.1, -0.05) is 30.8 Å². The summed E-state index contributed by atoms with van der Waals surface area (Å²) >= 11 is 0. The zero-order valence-electron chi connectivity index (χ0n) is 15.9. The van der Waals surface area contributed by atoms with Crippen molar-refractivity contribution in [3.05, 3.63) is 66.2 Å². The molecule has 0 radical (unpaired) electrons. The summed E-state index contributed by atoms with van der Waals surface area (Å²) in [6.45, 7) is 5.55. The lowest BCUT2D eigenvalue weighted by Gasteiger charge is -2.09. The average molecular weight is 393 g/mol. The number of rotatable bonds is 6. The van der Waals surface area contributed by atoms with Crippen LogP contribution in [-0.2, 0) is 0 Å². The van der Waals surface area contributed by atoms with Crippen LogP contribution < -0.4 is 33.6 Å². The topological polar surface area (TPSA) is 182 Å². The second-order valence-electron chi connectivity index (χ2n) is 5.93. The number of hydrogen-bond donors (Lipinski definition) is 6. The number of guanidine groups is 2. The highest BCUT2D eigenvalue weighted by molar-refractivity contribution is 6.01. The van der Waals surface area contributed by atoms with Gasteiger partial charge < -0.3 is 33.6 Å². The van der Waals surface area contributed by atoms with Crippen LogP contribution in [0.1, 0.15) is 18.1 Å². The Morgan fingerprint density at radius 1 is 0.793 bits per heavy atom. The lowest BCUT2D eigenvalue weighted by atomic mass is 10.1. The molecule has 10 heteroatoms. The lowest BCUT2D eigenvalue weighted by Crippen LogP contribution is -2.22. The summed E-state index contributed by atoms with van der Waals surface area (Å²) in [5.74, 6) is -0.187. The van der Waals surface area contributed by atoms with Crippen LogP contribution in [0.15, 0.2) is 70.3 Å². The molecule has 0 heterocycles. The zero-order chi connectivity index (χ0) is 21.4. The number of carbonyl (C=O) groups excluding carboxylic acids is 1. The Labute approximate surface area is 168 Å². The molecule has 10 nitrogen and oxygen atoms in total. The predicted octanol–water partition coefficient (Wildman–Crippen LogP) is 1.57. The van der Waals surface area contributed by atoms with Crippen molar-refractivity contribution >= 4 is 40.7 Å². The molecule has 0 aliphatic carbocycles. The highest BCUT2D eigenvalue weighted by Crippen LogP contribution is 2.17. The Bertz CT molecular complexity index is 966. The van der Waals surface area contributed by atoms with Crippen LogP contribution in [-0.4, -0.2) is 23.7 Å². The van der Waals surface area contributed by atoms with Crippen molar-refractivity contribution in [2.75, 3.05) is 10.6 Å². The van der Waals surface area contributed by atoms with Gasteiger partial charge in [-0.2, -0.15) is 5.10 Å². The fraction of sp³-hybridized carbons (Fsp3) is 0.0526. The second-order valence-corrected chi connectivity index (χ2v) is 5.93. The minimum Gasteiger partial charge on any atom is -0.370 e. The van der Waals surface area contributed by atoms with Gasteiger partial charge in [0.1, 0.15) is 0 Å². The van der Waals surface area contributed by atoms with Crippen molar-refractivity contribution in [2.45, 2.75) is 6.92 Å². The first-order chi connectivity index (χ1) is 13.7. The second kappa shape index (κ2) is 9.55. The van der Waals surface area contributed by atoms with Gasteiger partial charge in [0.05, 0.1) is 11.4 Å². The molecular formula is C19H23N9O. The van der Waals surface area contributed by atoms with Crippen LogP contribution in [0.4, 0.5) is 16.2 Å². The number of anilines is 2. The summed E-state index contributed by atoms with van der Waals surface area (Å²) in [7, 11) is 0. The van der Waals surface area contributed by atoms with Crippen LogP contribution in [0.2, 0.25) is 0 Å². The SMILES string of the molecule is C=C(N=C(N)N)c1ccc(NC(=O)Nc2ccc(C(C)=NN=C(N)N)cc2)cc1. The Balaban J connectivity index is 1.97. The Kier molecular flexibility index (Phi) is 6.91. The van der Waals surface area contributed by atoms with Gasteiger partial charge >= 0.3 is 6.03 Å². The molecule has 0 aromatic heterocycles. The van der Waals surface area contributed by atoms with E-state index in [9.17, 15) is 4.79 Å². The third-order valence-corrected chi connectivity index (χ3v) is 3.62. The molecule has 0 aliphatic rings. The number of amides is 2. The van der Waals surface area contributed by atoms with Gasteiger partial charge in [0.2, 0.25) is 5.96 Å². The van der Waals surface area contributed by atoms with Gasteiger partial charge in [-0.15, -0.1) is 5.10 Å². The first kappa shape index (κ1) is 21.0. The maximum atomic E-state index is 12.2. The molecular weight excluding hydrogens is 370 g/mol. The van der Waals surface area contributed by atoms with E-state index in [-0.39, 0.29) is 18.0 Å². The molecule has 0 atom stereocenters. The molecule has 2 amide bonds. The van der Waals surface area contributed by atoms with E-state index in [4.69, 9.17) is 22.9 Å². The molecule has 0 saturated heterocycles. The van der Waals surface area contributed by atoms with E-state index >= 15 is 0 Å². The van der Waals surface area contributed by atoms with E-state index in [1.807, 2.05) is 0 Å². The van der Waals surface area contributed by atoms with Crippen molar-refractivity contribution < 1.29 is 4.79 Å². The van der Waals surface area contributed by atoms with Gasteiger partial charge in [0, 0.05) is 11.4 Å². The fourth-order valence-electron chi connectivity index (χ4n) is 2.25. The molecule has 150 valence electrons. The van der Waals surface area contributed by atoms with Gasteiger partial charge in [-0.25, -0.2) is 9.79 Å². The summed E-state index contributed by atoms with van der Waals surface area (Å²) in [6.07, 6.45) is 0. The minimum atomic E-state index is -0.389.